The van der Waals surface area contributed by atoms with Crippen LogP contribution in [-0.4, -0.2) is 92.8 Å². The number of aryl methyl sites for hydroxylation is 1. The molecule has 8 heterocycles. The summed E-state index contributed by atoms with van der Waals surface area (Å²) in [7, 11) is 0. The van der Waals surface area contributed by atoms with Gasteiger partial charge in [0.05, 0.1) is 34.8 Å². The topological polar surface area (TPSA) is 121 Å². The average molecular weight is 647 g/mol. The molecule has 2 N–H and O–H groups in total. The molecular formula is C34H40F2N8O3. The molecule has 3 atom stereocenters. The third-order valence-corrected chi connectivity index (χ3v) is 10.6. The van der Waals surface area contributed by atoms with Crippen LogP contribution in [0.2, 0.25) is 0 Å². The van der Waals surface area contributed by atoms with E-state index in [1.54, 1.807) is 12.4 Å². The number of anilines is 1. The van der Waals surface area contributed by atoms with E-state index in [1.165, 1.54) is 0 Å². The van der Waals surface area contributed by atoms with Crippen LogP contribution in [0, 0.1) is 12.7 Å². The van der Waals surface area contributed by atoms with Crippen molar-refractivity contribution in [1.82, 2.24) is 35.4 Å². The van der Waals surface area contributed by atoms with Gasteiger partial charge in [0.2, 0.25) is 0 Å². The predicted molar refractivity (Wildman–Crippen MR) is 173 cm³/mol. The van der Waals surface area contributed by atoms with Gasteiger partial charge in [-0.15, -0.1) is 0 Å². The maximum absolute atomic E-state index is 17.1. The minimum absolute atomic E-state index is 0.0458. The summed E-state index contributed by atoms with van der Waals surface area (Å²) in [5.41, 5.74) is 2.50. The lowest BCUT2D eigenvalue weighted by Crippen LogP contribution is -2.53. The Labute approximate surface area is 271 Å². The van der Waals surface area contributed by atoms with Gasteiger partial charge in [0.25, 0.3) is 0 Å². The number of carbonyl (C=O) groups excluding carboxylic acids is 1. The van der Waals surface area contributed by atoms with Crippen molar-refractivity contribution >= 4 is 33.7 Å². The lowest BCUT2D eigenvalue weighted by atomic mass is 9.92. The zero-order chi connectivity index (χ0) is 32.3. The molecule has 3 saturated heterocycles. The number of pyridine rings is 1. The summed E-state index contributed by atoms with van der Waals surface area (Å²) < 4.78 is 43.7. The Bertz CT molecular complexity index is 1870. The van der Waals surface area contributed by atoms with Crippen LogP contribution in [-0.2, 0) is 11.2 Å². The van der Waals surface area contributed by atoms with Gasteiger partial charge in [0, 0.05) is 43.2 Å². The molecule has 3 fully saturated rings. The first-order valence-electron chi connectivity index (χ1n) is 16.8. The lowest BCUT2D eigenvalue weighted by Gasteiger charge is -2.34. The van der Waals surface area contributed by atoms with Crippen LogP contribution >= 0.6 is 0 Å². The number of halogens is 2. The van der Waals surface area contributed by atoms with Gasteiger partial charge >= 0.3 is 12.1 Å². The number of nitrogens with one attached hydrogen (secondary N) is 2. The van der Waals surface area contributed by atoms with Gasteiger partial charge in [-0.3, -0.25) is 15.0 Å². The summed E-state index contributed by atoms with van der Waals surface area (Å²) in [6.45, 7) is 6.72. The number of amides is 1. The maximum atomic E-state index is 17.1. The number of H-pyrrole nitrogens is 1. The average Bonchev–Trinajstić information content (AvgIpc) is 3.69. The zero-order valence-electron chi connectivity index (χ0n) is 26.9. The van der Waals surface area contributed by atoms with Gasteiger partial charge in [0.15, 0.2) is 5.82 Å². The second-order valence-electron chi connectivity index (χ2n) is 14.1. The number of aromatic amines is 1. The fourth-order valence-electron chi connectivity index (χ4n) is 8.39. The van der Waals surface area contributed by atoms with Crippen LogP contribution in [0.5, 0.6) is 6.01 Å². The molecule has 5 aliphatic rings. The molecule has 1 amide bonds. The summed E-state index contributed by atoms with van der Waals surface area (Å²) in [5.74, 6) is -0.0725. The number of fused-ring (bicyclic) bond motifs is 8. The van der Waals surface area contributed by atoms with Gasteiger partial charge in [-0.1, -0.05) is 0 Å². The number of nitrogens with zero attached hydrogens (tertiary/aromatic N) is 6. The second-order valence-corrected chi connectivity index (χ2v) is 14.1. The molecule has 0 aliphatic carbocycles. The highest BCUT2D eigenvalue weighted by atomic mass is 19.1. The summed E-state index contributed by atoms with van der Waals surface area (Å²) in [6, 6.07) is 2.04. The van der Waals surface area contributed by atoms with Crippen molar-refractivity contribution in [2.24, 2.45) is 0 Å². The van der Waals surface area contributed by atoms with E-state index in [1.807, 2.05) is 19.9 Å². The van der Waals surface area contributed by atoms with Gasteiger partial charge in [-0.05, 0) is 82.5 Å². The Balaban J connectivity index is 1.31. The van der Waals surface area contributed by atoms with Crippen molar-refractivity contribution < 1.29 is 23.0 Å². The Morgan fingerprint density at radius 3 is 2.91 bits per heavy atom. The fourth-order valence-corrected chi connectivity index (χ4v) is 8.39. The van der Waals surface area contributed by atoms with Crippen molar-refractivity contribution in [3.63, 3.8) is 0 Å². The molecule has 0 radical (unpaired) electrons. The second kappa shape index (κ2) is 11.5. The van der Waals surface area contributed by atoms with E-state index in [0.29, 0.717) is 55.7 Å². The highest BCUT2D eigenvalue weighted by molar-refractivity contribution is 5.99. The molecule has 13 heteroatoms. The number of rotatable bonds is 3. The first kappa shape index (κ1) is 30.2. The van der Waals surface area contributed by atoms with Crippen LogP contribution in [0.3, 0.4) is 0 Å². The van der Waals surface area contributed by atoms with Crippen molar-refractivity contribution in [3.05, 3.63) is 35.4 Å². The van der Waals surface area contributed by atoms with Gasteiger partial charge in [0.1, 0.15) is 29.8 Å². The molecule has 1 aromatic carbocycles. The number of alkyl halides is 1. The normalized spacial score (nSPS) is 26.8. The minimum Gasteiger partial charge on any atom is -0.461 e. The van der Waals surface area contributed by atoms with Crippen LogP contribution in [0.1, 0.15) is 63.0 Å². The molecular weight excluding hydrogens is 606 g/mol. The number of ether oxygens (including phenoxy) is 2. The summed E-state index contributed by atoms with van der Waals surface area (Å²) in [4.78, 5) is 31.6. The molecule has 11 nitrogen and oxygen atoms in total. The van der Waals surface area contributed by atoms with Crippen molar-refractivity contribution in [3.8, 4) is 17.3 Å². The van der Waals surface area contributed by atoms with Crippen molar-refractivity contribution in [1.29, 1.82) is 0 Å². The fraction of sp³-hybridized carbons (Fsp3) is 0.559. The van der Waals surface area contributed by atoms with Crippen LogP contribution in [0.25, 0.3) is 33.1 Å². The van der Waals surface area contributed by atoms with Crippen LogP contribution in [0.4, 0.5) is 19.4 Å². The van der Waals surface area contributed by atoms with Crippen LogP contribution in [0.15, 0.2) is 18.5 Å². The molecule has 0 unspecified atom stereocenters. The maximum Gasteiger partial charge on any atom is 0.407 e. The highest BCUT2D eigenvalue weighted by Crippen LogP contribution is 2.42. The molecule has 4 aromatic rings. The number of aromatic nitrogens is 5. The van der Waals surface area contributed by atoms with E-state index in [-0.39, 0.29) is 30.4 Å². The number of carbonyl (C=O) groups is 1. The summed E-state index contributed by atoms with van der Waals surface area (Å²) in [5, 5.41) is 11.6. The van der Waals surface area contributed by atoms with E-state index >= 15 is 4.39 Å². The summed E-state index contributed by atoms with van der Waals surface area (Å²) in [6.07, 6.45) is 7.76. The lowest BCUT2D eigenvalue weighted by molar-refractivity contribution is 0.107. The Morgan fingerprint density at radius 1 is 1.13 bits per heavy atom. The SMILES string of the molecule is Cc1cc2[nH]ncc2c2c1CCCOC(=O)N[C@@]1(C)CCCCN(C1)c1nc(OC[C@@]34CCCN3C[C@H](F)C4)nc3c(F)c-2ncc13. The van der Waals surface area contributed by atoms with E-state index in [9.17, 15) is 9.18 Å². The quantitative estimate of drug-likeness (QED) is 0.302. The zero-order valence-corrected chi connectivity index (χ0v) is 26.9. The third-order valence-electron chi connectivity index (χ3n) is 10.6. The highest BCUT2D eigenvalue weighted by Gasteiger charge is 2.49. The Hall–Kier alpha value is -4.13. The number of alkyl carbamates (subject to hydrolysis) is 1. The molecule has 0 spiro atoms. The third kappa shape index (κ3) is 5.32. The molecule has 6 bridgehead atoms. The van der Waals surface area contributed by atoms with Gasteiger partial charge < -0.3 is 19.7 Å². The molecule has 248 valence electrons. The van der Waals surface area contributed by atoms with Gasteiger partial charge in [-0.2, -0.15) is 15.1 Å². The largest absolute Gasteiger partial charge is 0.461 e. The predicted octanol–water partition coefficient (Wildman–Crippen LogP) is 5.39. The Kier molecular flexibility index (Phi) is 7.42. The molecule has 0 saturated carbocycles. The summed E-state index contributed by atoms with van der Waals surface area (Å²) >= 11 is 0. The van der Waals surface area contributed by atoms with Crippen LogP contribution < -0.4 is 15.0 Å². The number of benzene rings is 1. The minimum atomic E-state index is -0.901. The van der Waals surface area contributed by atoms with E-state index in [4.69, 9.17) is 24.4 Å². The molecule has 47 heavy (non-hydrogen) atoms. The van der Waals surface area contributed by atoms with E-state index in [2.05, 4.69) is 25.3 Å². The molecule has 5 aliphatic heterocycles. The standard InChI is InChI=1S/C34H40F2N8O3/c1-20-13-25-23(16-38-42-25)26-22(20)7-5-12-46-32(45)41-33(2)8-3-4-10-43(18-33)30-24-15-37-29(26)27(36)28(24)39-31(40-30)47-19-34-9-6-11-44(34)17-21(35)14-34/h13,15-16,21H,3-12,14,17-19H2,1-2H3,(H,38,42)(H,41,45)/t21-,33+,34+/m1/s1. The monoisotopic (exact) mass is 646 g/mol. The van der Waals surface area contributed by atoms with E-state index in [0.717, 1.165) is 60.7 Å². The number of hydrogen-bond acceptors (Lipinski definition) is 9. The smallest absolute Gasteiger partial charge is 0.407 e. The first-order valence-corrected chi connectivity index (χ1v) is 16.8. The van der Waals surface area contributed by atoms with Crippen molar-refractivity contribution in [2.45, 2.75) is 82.5 Å². The first-order chi connectivity index (χ1) is 22.7. The molecule has 3 aromatic heterocycles. The molecule has 9 rings (SSSR count). The van der Waals surface area contributed by atoms with Crippen molar-refractivity contribution in [2.75, 3.05) is 44.3 Å². The Morgan fingerprint density at radius 2 is 2.02 bits per heavy atom. The van der Waals surface area contributed by atoms with E-state index < -0.39 is 29.2 Å². The number of hydrogen-bond donors (Lipinski definition) is 2. The van der Waals surface area contributed by atoms with Gasteiger partial charge in [-0.25, -0.2) is 13.6 Å².